The summed E-state index contributed by atoms with van der Waals surface area (Å²) >= 11 is 0. The molecule has 4 nitrogen and oxygen atoms in total. The summed E-state index contributed by atoms with van der Waals surface area (Å²) in [4.78, 5) is 14.2. The topological polar surface area (TPSA) is 38.8 Å². The number of rotatable bonds is 4. The third-order valence-corrected chi connectivity index (χ3v) is 4.81. The first kappa shape index (κ1) is 15.8. The van der Waals surface area contributed by atoms with Gasteiger partial charge in [0.1, 0.15) is 6.61 Å². The third kappa shape index (κ3) is 4.19. The Hall–Kier alpha value is -0.610. The highest BCUT2D eigenvalue weighted by Crippen LogP contribution is 2.26. The van der Waals surface area contributed by atoms with E-state index in [1.165, 1.54) is 12.8 Å². The predicted octanol–water partition coefficient (Wildman–Crippen LogP) is 2.61. The van der Waals surface area contributed by atoms with Gasteiger partial charge in [0, 0.05) is 19.7 Å². The van der Waals surface area contributed by atoms with Crippen LogP contribution in [0.4, 0.5) is 0 Å². The summed E-state index contributed by atoms with van der Waals surface area (Å²) in [6.07, 6.45) is 7.21. The van der Waals surface area contributed by atoms with E-state index in [1.54, 1.807) is 7.11 Å². The Kier molecular flexibility index (Phi) is 5.85. The highest BCUT2D eigenvalue weighted by atomic mass is 16.5. The van der Waals surface area contributed by atoms with Crippen LogP contribution < -0.4 is 0 Å². The second-order valence-electron chi connectivity index (χ2n) is 6.52. The molecular weight excluding hydrogens is 254 g/mol. The highest BCUT2D eigenvalue weighted by molar-refractivity contribution is 5.77. The fourth-order valence-corrected chi connectivity index (χ4v) is 3.52. The minimum Gasteiger partial charge on any atom is -0.381 e. The molecule has 2 fully saturated rings. The summed E-state index contributed by atoms with van der Waals surface area (Å²) in [7, 11) is 1.75. The molecular formula is C16H29NO3. The molecule has 0 spiro atoms. The molecule has 0 aromatic heterocycles. The van der Waals surface area contributed by atoms with Crippen LogP contribution in [0.3, 0.4) is 0 Å². The van der Waals surface area contributed by atoms with Crippen LogP contribution in [0, 0.1) is 5.92 Å². The van der Waals surface area contributed by atoms with E-state index in [-0.39, 0.29) is 24.7 Å². The van der Waals surface area contributed by atoms with Gasteiger partial charge in [0.05, 0.1) is 12.2 Å². The van der Waals surface area contributed by atoms with Crippen LogP contribution in [0.5, 0.6) is 0 Å². The lowest BCUT2D eigenvalue weighted by atomic mass is 9.89. The first-order valence-electron chi connectivity index (χ1n) is 8.04. The van der Waals surface area contributed by atoms with Gasteiger partial charge in [-0.1, -0.05) is 19.8 Å². The van der Waals surface area contributed by atoms with Crippen LogP contribution in [0.1, 0.15) is 52.4 Å². The minimum atomic E-state index is 0.144. The average Bonchev–Trinajstić information content (AvgIpc) is 2.44. The van der Waals surface area contributed by atoms with E-state index >= 15 is 0 Å². The number of methoxy groups -OCH3 is 1. The Balaban J connectivity index is 1.74. The molecule has 0 aromatic rings. The van der Waals surface area contributed by atoms with Crippen LogP contribution in [0.15, 0.2) is 0 Å². The van der Waals surface area contributed by atoms with Crippen molar-refractivity contribution < 1.29 is 14.3 Å². The zero-order chi connectivity index (χ0) is 14.5. The van der Waals surface area contributed by atoms with Crippen molar-refractivity contribution in [1.82, 2.24) is 4.90 Å². The SMILES string of the molecule is CO[C@@H]1CCN(C(=O)CO[C@@H]2CCC[C@@H](C)C2)[C@H](C)C1. The van der Waals surface area contributed by atoms with Gasteiger partial charge < -0.3 is 14.4 Å². The van der Waals surface area contributed by atoms with Crippen LogP contribution in [0.2, 0.25) is 0 Å². The molecule has 0 unspecified atom stereocenters. The average molecular weight is 283 g/mol. The summed E-state index contributed by atoms with van der Waals surface area (Å²) in [6.45, 7) is 5.42. The molecule has 1 amide bonds. The lowest BCUT2D eigenvalue weighted by molar-refractivity contribution is -0.144. The molecule has 0 radical (unpaired) electrons. The van der Waals surface area contributed by atoms with Crippen LogP contribution in [-0.2, 0) is 14.3 Å². The minimum absolute atomic E-state index is 0.144. The molecule has 0 N–H and O–H groups in total. The molecule has 20 heavy (non-hydrogen) atoms. The van der Waals surface area contributed by atoms with Crippen molar-refractivity contribution in [3.05, 3.63) is 0 Å². The first-order valence-corrected chi connectivity index (χ1v) is 8.04. The number of amides is 1. The van der Waals surface area contributed by atoms with Crippen molar-refractivity contribution in [2.75, 3.05) is 20.3 Å². The van der Waals surface area contributed by atoms with E-state index in [0.29, 0.717) is 6.10 Å². The molecule has 1 saturated carbocycles. The van der Waals surface area contributed by atoms with E-state index in [1.807, 2.05) is 4.90 Å². The van der Waals surface area contributed by atoms with E-state index in [9.17, 15) is 4.79 Å². The van der Waals surface area contributed by atoms with Gasteiger partial charge >= 0.3 is 0 Å². The summed E-state index contributed by atoms with van der Waals surface area (Å²) in [5.74, 6) is 0.880. The predicted molar refractivity (Wildman–Crippen MR) is 78.6 cm³/mol. The van der Waals surface area contributed by atoms with Gasteiger partial charge in [-0.05, 0) is 38.5 Å². The highest BCUT2D eigenvalue weighted by Gasteiger charge is 2.29. The maximum absolute atomic E-state index is 12.3. The molecule has 1 aliphatic heterocycles. The number of likely N-dealkylation sites (tertiary alicyclic amines) is 1. The number of hydrogen-bond acceptors (Lipinski definition) is 3. The van der Waals surface area contributed by atoms with E-state index in [0.717, 1.165) is 38.1 Å². The monoisotopic (exact) mass is 283 g/mol. The number of ether oxygens (including phenoxy) is 2. The summed E-state index contributed by atoms with van der Waals surface area (Å²) in [5, 5.41) is 0. The van der Waals surface area contributed by atoms with E-state index in [4.69, 9.17) is 9.47 Å². The number of piperidine rings is 1. The number of carbonyl (C=O) groups excluding carboxylic acids is 1. The fourth-order valence-electron chi connectivity index (χ4n) is 3.52. The Morgan fingerprint density at radius 2 is 1.95 bits per heavy atom. The lowest BCUT2D eigenvalue weighted by Crippen LogP contribution is -2.48. The lowest BCUT2D eigenvalue weighted by Gasteiger charge is -2.37. The van der Waals surface area contributed by atoms with Crippen molar-refractivity contribution in [1.29, 1.82) is 0 Å². The van der Waals surface area contributed by atoms with Crippen molar-refractivity contribution >= 4 is 5.91 Å². The molecule has 1 heterocycles. The van der Waals surface area contributed by atoms with Crippen molar-refractivity contribution in [3.63, 3.8) is 0 Å². The summed E-state index contributed by atoms with van der Waals surface area (Å²) in [6, 6.07) is 0.259. The second-order valence-corrected chi connectivity index (χ2v) is 6.52. The molecule has 0 aromatic carbocycles. The zero-order valence-corrected chi connectivity index (χ0v) is 13.1. The summed E-state index contributed by atoms with van der Waals surface area (Å²) in [5.41, 5.74) is 0. The summed E-state index contributed by atoms with van der Waals surface area (Å²) < 4.78 is 11.2. The van der Waals surface area contributed by atoms with Gasteiger partial charge in [-0.2, -0.15) is 0 Å². The largest absolute Gasteiger partial charge is 0.381 e. The van der Waals surface area contributed by atoms with Crippen LogP contribution in [0.25, 0.3) is 0 Å². The Bertz CT molecular complexity index is 321. The van der Waals surface area contributed by atoms with Crippen molar-refractivity contribution in [2.24, 2.45) is 5.92 Å². The number of hydrogen-bond donors (Lipinski definition) is 0. The normalized spacial score (nSPS) is 35.0. The Morgan fingerprint density at radius 1 is 1.15 bits per heavy atom. The van der Waals surface area contributed by atoms with E-state index in [2.05, 4.69) is 13.8 Å². The van der Waals surface area contributed by atoms with Gasteiger partial charge in [0.2, 0.25) is 5.91 Å². The van der Waals surface area contributed by atoms with Gasteiger partial charge in [-0.3, -0.25) is 4.79 Å². The molecule has 4 heteroatoms. The molecule has 2 aliphatic rings. The Morgan fingerprint density at radius 3 is 2.60 bits per heavy atom. The number of nitrogens with zero attached hydrogens (tertiary/aromatic N) is 1. The van der Waals surface area contributed by atoms with Crippen LogP contribution >= 0.6 is 0 Å². The van der Waals surface area contributed by atoms with Gasteiger partial charge in [0.15, 0.2) is 0 Å². The Labute approximate surface area is 122 Å². The third-order valence-electron chi connectivity index (χ3n) is 4.81. The smallest absolute Gasteiger partial charge is 0.248 e. The fraction of sp³-hybridized carbons (Fsp3) is 0.938. The number of carbonyl (C=O) groups is 1. The van der Waals surface area contributed by atoms with E-state index < -0.39 is 0 Å². The maximum atomic E-state index is 12.3. The second kappa shape index (κ2) is 7.41. The molecule has 2 rings (SSSR count). The van der Waals surface area contributed by atoms with Crippen LogP contribution in [-0.4, -0.2) is 49.3 Å². The standard InChI is InChI=1S/C16H29NO3/c1-12-5-4-6-15(9-12)20-11-16(18)17-8-7-14(19-3)10-13(17)2/h12-15H,4-11H2,1-3H3/t12-,13-,14-,15-/m1/s1. The molecule has 1 aliphatic carbocycles. The molecule has 0 bridgehead atoms. The van der Waals surface area contributed by atoms with Gasteiger partial charge in [0.25, 0.3) is 0 Å². The molecule has 4 atom stereocenters. The quantitative estimate of drug-likeness (QED) is 0.796. The van der Waals surface area contributed by atoms with Gasteiger partial charge in [-0.15, -0.1) is 0 Å². The zero-order valence-electron chi connectivity index (χ0n) is 13.1. The van der Waals surface area contributed by atoms with Crippen molar-refractivity contribution in [2.45, 2.75) is 70.6 Å². The maximum Gasteiger partial charge on any atom is 0.248 e. The molecule has 116 valence electrons. The van der Waals surface area contributed by atoms with Gasteiger partial charge in [-0.25, -0.2) is 0 Å². The first-order chi connectivity index (χ1) is 9.60. The molecule has 1 saturated heterocycles. The van der Waals surface area contributed by atoms with Crippen molar-refractivity contribution in [3.8, 4) is 0 Å².